The van der Waals surface area contributed by atoms with Crippen molar-refractivity contribution >= 4 is 21.9 Å². The molecular formula is C12H12BrNO3. The van der Waals surface area contributed by atoms with Crippen LogP contribution in [0.1, 0.15) is 12.0 Å². The van der Waals surface area contributed by atoms with Crippen LogP contribution in [0, 0.1) is 17.2 Å². The Kier molecular flexibility index (Phi) is 4.98. The number of rotatable bonds is 5. The van der Waals surface area contributed by atoms with Gasteiger partial charge in [-0.25, -0.2) is 0 Å². The lowest BCUT2D eigenvalue weighted by molar-refractivity contribution is -0.137. The van der Waals surface area contributed by atoms with Crippen LogP contribution >= 0.6 is 15.9 Å². The Balaban J connectivity index is 2.77. The van der Waals surface area contributed by atoms with Gasteiger partial charge in [-0.3, -0.25) is 4.79 Å². The summed E-state index contributed by atoms with van der Waals surface area (Å²) in [5.74, 6) is -0.752. The highest BCUT2D eigenvalue weighted by Crippen LogP contribution is 2.26. The second kappa shape index (κ2) is 6.26. The van der Waals surface area contributed by atoms with Crippen LogP contribution in [-0.2, 0) is 11.2 Å². The Morgan fingerprint density at radius 1 is 1.65 bits per heavy atom. The maximum absolute atomic E-state index is 10.5. The van der Waals surface area contributed by atoms with Gasteiger partial charge < -0.3 is 9.84 Å². The standard InChI is InChI=1S/C12H12BrNO3/c1-17-11-3-2-8(5-10(11)13)4-9(7-14)6-12(15)16/h2-3,5,9H,4,6H2,1H3,(H,15,16). The molecule has 0 saturated heterocycles. The van der Waals surface area contributed by atoms with E-state index >= 15 is 0 Å². The first-order valence-corrected chi connectivity index (χ1v) is 5.80. The third-order valence-corrected chi connectivity index (χ3v) is 2.92. The van der Waals surface area contributed by atoms with Crippen LogP contribution < -0.4 is 4.74 Å². The first kappa shape index (κ1) is 13.5. The van der Waals surface area contributed by atoms with Crippen molar-refractivity contribution in [1.29, 1.82) is 5.26 Å². The molecule has 1 rings (SSSR count). The smallest absolute Gasteiger partial charge is 0.304 e. The number of aliphatic carboxylic acids is 1. The lowest BCUT2D eigenvalue weighted by atomic mass is 9.98. The van der Waals surface area contributed by atoms with Crippen molar-refractivity contribution in [2.75, 3.05) is 7.11 Å². The van der Waals surface area contributed by atoms with Gasteiger partial charge in [-0.05, 0) is 40.0 Å². The summed E-state index contributed by atoms with van der Waals surface area (Å²) in [6.45, 7) is 0. The van der Waals surface area contributed by atoms with Crippen LogP contribution in [0.4, 0.5) is 0 Å². The number of halogens is 1. The quantitative estimate of drug-likeness (QED) is 0.907. The average Bonchev–Trinajstić information content (AvgIpc) is 2.27. The van der Waals surface area contributed by atoms with Gasteiger partial charge >= 0.3 is 5.97 Å². The molecule has 0 aliphatic heterocycles. The normalized spacial score (nSPS) is 11.6. The van der Waals surface area contributed by atoms with Gasteiger partial charge in [0.15, 0.2) is 0 Å². The third-order valence-electron chi connectivity index (χ3n) is 2.30. The van der Waals surface area contributed by atoms with Crippen molar-refractivity contribution < 1.29 is 14.6 Å². The van der Waals surface area contributed by atoms with E-state index in [9.17, 15) is 4.79 Å². The van der Waals surface area contributed by atoms with E-state index in [1.165, 1.54) is 0 Å². The maximum Gasteiger partial charge on any atom is 0.304 e. The summed E-state index contributed by atoms with van der Waals surface area (Å²) in [6, 6.07) is 7.46. The molecule has 0 bridgehead atoms. The zero-order valence-corrected chi connectivity index (χ0v) is 10.9. The Hall–Kier alpha value is -1.54. The van der Waals surface area contributed by atoms with Crippen molar-refractivity contribution in [2.24, 2.45) is 5.92 Å². The molecule has 0 spiro atoms. The summed E-state index contributed by atoms with van der Waals surface area (Å²) in [6.07, 6.45) is 0.283. The largest absolute Gasteiger partial charge is 0.496 e. The minimum Gasteiger partial charge on any atom is -0.496 e. The van der Waals surface area contributed by atoms with Gasteiger partial charge in [-0.15, -0.1) is 0 Å². The third kappa shape index (κ3) is 4.08. The van der Waals surface area contributed by atoms with E-state index in [4.69, 9.17) is 15.1 Å². The molecule has 90 valence electrons. The zero-order valence-electron chi connectivity index (χ0n) is 9.31. The number of hydrogen-bond acceptors (Lipinski definition) is 3. The Bertz CT molecular complexity index is 454. The Morgan fingerprint density at radius 2 is 2.35 bits per heavy atom. The fourth-order valence-electron chi connectivity index (χ4n) is 1.50. The molecule has 1 aromatic carbocycles. The summed E-state index contributed by atoms with van der Waals surface area (Å²) in [7, 11) is 1.57. The van der Waals surface area contributed by atoms with Crippen LogP contribution in [-0.4, -0.2) is 18.2 Å². The number of nitrogens with zero attached hydrogens (tertiary/aromatic N) is 1. The molecule has 0 fully saturated rings. The summed E-state index contributed by atoms with van der Waals surface area (Å²) in [5, 5.41) is 17.5. The van der Waals surface area contributed by atoms with E-state index in [1.54, 1.807) is 13.2 Å². The van der Waals surface area contributed by atoms with Gasteiger partial charge in [0.1, 0.15) is 5.75 Å². The first-order valence-electron chi connectivity index (χ1n) is 5.00. The lowest BCUT2D eigenvalue weighted by Crippen LogP contribution is -2.08. The van der Waals surface area contributed by atoms with Crippen LogP contribution in [0.3, 0.4) is 0 Å². The molecule has 1 atom stereocenters. The van der Waals surface area contributed by atoms with E-state index in [-0.39, 0.29) is 6.42 Å². The van der Waals surface area contributed by atoms with Crippen LogP contribution in [0.5, 0.6) is 5.75 Å². The predicted molar refractivity (Wildman–Crippen MR) is 65.8 cm³/mol. The summed E-state index contributed by atoms with van der Waals surface area (Å²) in [4.78, 5) is 10.5. The van der Waals surface area contributed by atoms with Gasteiger partial charge in [0.05, 0.1) is 30.0 Å². The van der Waals surface area contributed by atoms with Crippen molar-refractivity contribution in [1.82, 2.24) is 0 Å². The van der Waals surface area contributed by atoms with Crippen molar-refractivity contribution in [2.45, 2.75) is 12.8 Å². The molecule has 0 saturated carbocycles. The molecule has 0 amide bonds. The summed E-state index contributed by atoms with van der Waals surface area (Å²) in [5.41, 5.74) is 0.908. The Labute approximate surface area is 108 Å². The topological polar surface area (TPSA) is 70.3 Å². The molecule has 1 N–H and O–H groups in total. The fraction of sp³-hybridized carbons (Fsp3) is 0.333. The molecular weight excluding hydrogens is 286 g/mol. The molecule has 0 heterocycles. The SMILES string of the molecule is COc1ccc(CC(C#N)CC(=O)O)cc1Br. The van der Waals surface area contributed by atoms with Crippen molar-refractivity contribution in [3.8, 4) is 11.8 Å². The highest BCUT2D eigenvalue weighted by molar-refractivity contribution is 9.10. The number of nitriles is 1. The minimum absolute atomic E-state index is 0.139. The molecule has 4 nitrogen and oxygen atoms in total. The molecule has 0 aromatic heterocycles. The van der Waals surface area contributed by atoms with Crippen LogP contribution in [0.2, 0.25) is 0 Å². The fourth-order valence-corrected chi connectivity index (χ4v) is 2.08. The van der Waals surface area contributed by atoms with Gasteiger partial charge in [0.2, 0.25) is 0 Å². The summed E-state index contributed by atoms with van der Waals surface area (Å²) < 4.78 is 5.89. The second-order valence-corrected chi connectivity index (χ2v) is 4.45. The average molecular weight is 298 g/mol. The zero-order chi connectivity index (χ0) is 12.8. The van der Waals surface area contributed by atoms with Crippen molar-refractivity contribution in [3.05, 3.63) is 28.2 Å². The van der Waals surface area contributed by atoms with Crippen LogP contribution in [0.15, 0.2) is 22.7 Å². The highest BCUT2D eigenvalue weighted by atomic mass is 79.9. The molecule has 0 radical (unpaired) electrons. The molecule has 17 heavy (non-hydrogen) atoms. The number of carboxylic acids is 1. The summed E-state index contributed by atoms with van der Waals surface area (Å²) >= 11 is 3.35. The number of benzene rings is 1. The van der Waals surface area contributed by atoms with E-state index < -0.39 is 11.9 Å². The molecule has 5 heteroatoms. The number of carbonyl (C=O) groups is 1. The Morgan fingerprint density at radius 3 is 2.82 bits per heavy atom. The minimum atomic E-state index is -0.955. The van der Waals surface area contributed by atoms with Crippen LogP contribution in [0.25, 0.3) is 0 Å². The molecule has 0 aliphatic rings. The maximum atomic E-state index is 10.5. The molecule has 1 unspecified atom stereocenters. The van der Waals surface area contributed by atoms with E-state index in [0.29, 0.717) is 12.2 Å². The predicted octanol–water partition coefficient (Wildman–Crippen LogP) is 2.61. The monoisotopic (exact) mass is 297 g/mol. The van der Waals surface area contributed by atoms with Crippen molar-refractivity contribution in [3.63, 3.8) is 0 Å². The van der Waals surface area contributed by atoms with E-state index in [2.05, 4.69) is 15.9 Å². The van der Waals surface area contributed by atoms with Gasteiger partial charge in [-0.2, -0.15) is 5.26 Å². The first-order chi connectivity index (χ1) is 8.06. The highest BCUT2D eigenvalue weighted by Gasteiger charge is 2.13. The number of carboxylic acid groups (broad SMARTS) is 1. The van der Waals surface area contributed by atoms with E-state index in [1.807, 2.05) is 18.2 Å². The molecule has 0 aliphatic carbocycles. The number of ether oxygens (including phenoxy) is 1. The lowest BCUT2D eigenvalue weighted by Gasteiger charge is -2.08. The van der Waals surface area contributed by atoms with Gasteiger partial charge in [-0.1, -0.05) is 6.07 Å². The second-order valence-electron chi connectivity index (χ2n) is 3.60. The number of hydrogen-bond donors (Lipinski definition) is 1. The number of methoxy groups -OCH3 is 1. The van der Waals surface area contributed by atoms with E-state index in [0.717, 1.165) is 10.0 Å². The van der Waals surface area contributed by atoms with Gasteiger partial charge in [0, 0.05) is 0 Å². The van der Waals surface area contributed by atoms with Gasteiger partial charge in [0.25, 0.3) is 0 Å². The molecule has 1 aromatic rings.